The second-order valence-corrected chi connectivity index (χ2v) is 12.2. The maximum absolute atomic E-state index is 12.2. The molecule has 0 aliphatic rings. The van der Waals surface area contributed by atoms with Gasteiger partial charge in [-0.1, -0.05) is 114 Å². The highest BCUT2D eigenvalue weighted by atomic mass is 31.2. The molecule has 0 saturated carbocycles. The first kappa shape index (κ1) is 42.9. The number of carbonyl (C=O) groups is 2. The van der Waals surface area contributed by atoms with E-state index in [1.54, 1.807) is 0 Å². The predicted octanol–water partition coefficient (Wildman–Crippen LogP) is 7.43. The summed E-state index contributed by atoms with van der Waals surface area (Å²) in [5.41, 5.74) is 0. The lowest BCUT2D eigenvalue weighted by Gasteiger charge is -2.20. The molecule has 3 unspecified atom stereocenters. The molecule has 0 aliphatic heterocycles. The van der Waals surface area contributed by atoms with Crippen LogP contribution in [0, 0.1) is 0 Å². The third-order valence-corrected chi connectivity index (χ3v) is 7.52. The first-order valence-corrected chi connectivity index (χ1v) is 18.1. The molecule has 10 nitrogen and oxygen atoms in total. The van der Waals surface area contributed by atoms with Crippen molar-refractivity contribution in [1.29, 1.82) is 0 Å². The molecule has 45 heavy (non-hydrogen) atoms. The van der Waals surface area contributed by atoms with Crippen molar-refractivity contribution in [2.75, 3.05) is 26.4 Å². The minimum absolute atomic E-state index is 0.0700. The summed E-state index contributed by atoms with van der Waals surface area (Å²) in [4.78, 5) is 34.1. The average Bonchev–Trinajstić information content (AvgIpc) is 3.02. The molecule has 0 rings (SSSR count). The first-order valence-electron chi connectivity index (χ1n) is 16.6. The molecular formula is C34H59O10P. The molecule has 11 heteroatoms. The standard InChI is InChI=1S/C34H59O10P/c1-3-5-7-9-11-13-14-15-16-18-20-22-24-26-34(38)44-32(28-36)30-42-45(39,40)41-29-31(27-35)43-33(37)25-23-21-19-17-12-10-8-6-4-2/h5,7,11,13,15-16,20,22,31-32,35-36H,3-4,6,8-10,12,14,17-19,21,23-30H2,1-2H3,(H,39,40)/b7-5-,13-11-,16-15-,22-20-. The van der Waals surface area contributed by atoms with Crippen LogP contribution in [0.4, 0.5) is 0 Å². The van der Waals surface area contributed by atoms with E-state index < -0.39 is 58.4 Å². The van der Waals surface area contributed by atoms with Gasteiger partial charge in [-0.3, -0.25) is 18.6 Å². The van der Waals surface area contributed by atoms with Crippen LogP contribution in [-0.4, -0.2) is 65.7 Å². The fourth-order valence-corrected chi connectivity index (χ4v) is 4.79. The third kappa shape index (κ3) is 29.1. The van der Waals surface area contributed by atoms with Gasteiger partial charge >= 0.3 is 19.8 Å². The van der Waals surface area contributed by atoms with Gasteiger partial charge in [0.05, 0.1) is 26.4 Å². The molecule has 3 atom stereocenters. The maximum atomic E-state index is 12.2. The van der Waals surface area contributed by atoms with Crippen molar-refractivity contribution in [3.05, 3.63) is 48.6 Å². The first-order chi connectivity index (χ1) is 21.8. The molecule has 0 aromatic heterocycles. The van der Waals surface area contributed by atoms with Gasteiger partial charge in [0.25, 0.3) is 0 Å². The van der Waals surface area contributed by atoms with Crippen LogP contribution < -0.4 is 0 Å². The number of phosphoric ester groups is 1. The maximum Gasteiger partial charge on any atom is 0.472 e. The average molecular weight is 659 g/mol. The van der Waals surface area contributed by atoms with E-state index >= 15 is 0 Å². The number of phosphoric acid groups is 1. The molecule has 0 heterocycles. The minimum atomic E-state index is -4.64. The number of unbranched alkanes of at least 4 members (excludes halogenated alkanes) is 8. The number of allylic oxidation sites excluding steroid dienone is 8. The monoisotopic (exact) mass is 658 g/mol. The second-order valence-electron chi connectivity index (χ2n) is 10.8. The number of esters is 2. The van der Waals surface area contributed by atoms with E-state index in [4.69, 9.17) is 18.5 Å². The summed E-state index contributed by atoms with van der Waals surface area (Å²) in [5.74, 6) is -1.11. The van der Waals surface area contributed by atoms with Crippen molar-refractivity contribution in [3.63, 3.8) is 0 Å². The van der Waals surface area contributed by atoms with Gasteiger partial charge in [0.1, 0.15) is 12.2 Å². The highest BCUT2D eigenvalue weighted by molar-refractivity contribution is 7.47. The van der Waals surface area contributed by atoms with E-state index in [1.807, 2.05) is 18.2 Å². The summed E-state index contributed by atoms with van der Waals surface area (Å²) < 4.78 is 32.2. The molecule has 0 aromatic carbocycles. The van der Waals surface area contributed by atoms with Crippen LogP contribution in [0.1, 0.15) is 117 Å². The van der Waals surface area contributed by atoms with Gasteiger partial charge < -0.3 is 24.6 Å². The number of carbonyl (C=O) groups excluding carboxylic acids is 2. The van der Waals surface area contributed by atoms with Crippen molar-refractivity contribution in [1.82, 2.24) is 0 Å². The van der Waals surface area contributed by atoms with Crippen LogP contribution in [0.3, 0.4) is 0 Å². The molecule has 0 spiro atoms. The Morgan fingerprint density at radius 3 is 1.51 bits per heavy atom. The Hall–Kier alpha value is -2.07. The lowest BCUT2D eigenvalue weighted by molar-refractivity contribution is -0.153. The van der Waals surface area contributed by atoms with Gasteiger partial charge in [0, 0.05) is 12.8 Å². The van der Waals surface area contributed by atoms with Crippen molar-refractivity contribution >= 4 is 19.8 Å². The third-order valence-electron chi connectivity index (χ3n) is 6.57. The van der Waals surface area contributed by atoms with Gasteiger partial charge in [-0.25, -0.2) is 4.57 Å². The Morgan fingerprint density at radius 1 is 0.622 bits per heavy atom. The Labute approximate surface area is 271 Å². The highest BCUT2D eigenvalue weighted by Crippen LogP contribution is 2.43. The number of hydrogen-bond acceptors (Lipinski definition) is 9. The molecule has 260 valence electrons. The summed E-state index contributed by atoms with van der Waals surface area (Å²) in [5, 5.41) is 19.0. The number of aliphatic hydroxyl groups excluding tert-OH is 2. The van der Waals surface area contributed by atoms with Crippen molar-refractivity contribution in [3.8, 4) is 0 Å². The predicted molar refractivity (Wildman–Crippen MR) is 177 cm³/mol. The van der Waals surface area contributed by atoms with Crippen LogP contribution in [0.2, 0.25) is 0 Å². The number of hydrogen-bond donors (Lipinski definition) is 3. The fraction of sp³-hybridized carbons (Fsp3) is 0.706. The van der Waals surface area contributed by atoms with Crippen molar-refractivity contribution in [2.24, 2.45) is 0 Å². The van der Waals surface area contributed by atoms with Gasteiger partial charge in [-0.15, -0.1) is 0 Å². The largest absolute Gasteiger partial charge is 0.472 e. The van der Waals surface area contributed by atoms with E-state index in [0.717, 1.165) is 44.9 Å². The zero-order valence-electron chi connectivity index (χ0n) is 27.6. The number of ether oxygens (including phenoxy) is 2. The normalized spacial score (nSPS) is 14.9. The SMILES string of the molecule is CC/C=C\C/C=C\C/C=C\C/C=C\CCC(=O)OC(CO)COP(=O)(O)OCC(CO)OC(=O)CCCCCCCCCCC. The minimum Gasteiger partial charge on any atom is -0.457 e. The summed E-state index contributed by atoms with van der Waals surface area (Å²) >= 11 is 0. The zero-order valence-corrected chi connectivity index (χ0v) is 28.5. The summed E-state index contributed by atoms with van der Waals surface area (Å²) in [6.45, 7) is 1.93. The lowest BCUT2D eigenvalue weighted by Crippen LogP contribution is -2.28. The molecule has 3 N–H and O–H groups in total. The van der Waals surface area contributed by atoms with Gasteiger partial charge in [-0.05, 0) is 38.5 Å². The molecular weight excluding hydrogens is 599 g/mol. The summed E-state index contributed by atoms with van der Waals surface area (Å²) in [6, 6.07) is 0. The summed E-state index contributed by atoms with van der Waals surface area (Å²) in [7, 11) is -4.64. The lowest BCUT2D eigenvalue weighted by atomic mass is 10.1. The van der Waals surface area contributed by atoms with Crippen molar-refractivity contribution < 1.29 is 47.8 Å². The number of rotatable bonds is 30. The molecule has 0 fully saturated rings. The quantitative estimate of drug-likeness (QED) is 0.0308. The molecule has 0 aromatic rings. The molecule has 0 amide bonds. The fourth-order valence-electron chi connectivity index (χ4n) is 4.01. The Kier molecular flexibility index (Phi) is 29.2. The van der Waals surface area contributed by atoms with Gasteiger partial charge in [0.2, 0.25) is 0 Å². The highest BCUT2D eigenvalue weighted by Gasteiger charge is 2.27. The van der Waals surface area contributed by atoms with Crippen LogP contribution in [0.25, 0.3) is 0 Å². The smallest absolute Gasteiger partial charge is 0.457 e. The second kappa shape index (κ2) is 30.6. The van der Waals surface area contributed by atoms with E-state index in [1.165, 1.54) is 32.1 Å². The van der Waals surface area contributed by atoms with Crippen LogP contribution in [-0.2, 0) is 32.7 Å². The van der Waals surface area contributed by atoms with E-state index in [0.29, 0.717) is 12.8 Å². The summed E-state index contributed by atoms with van der Waals surface area (Å²) in [6.07, 6.45) is 28.4. The van der Waals surface area contributed by atoms with Gasteiger partial charge in [0.15, 0.2) is 0 Å². The number of aliphatic hydroxyl groups is 2. The Balaban J connectivity index is 4.16. The molecule has 0 aliphatic carbocycles. The molecule has 0 radical (unpaired) electrons. The van der Waals surface area contributed by atoms with E-state index in [9.17, 15) is 29.3 Å². The van der Waals surface area contributed by atoms with Crippen LogP contribution in [0.15, 0.2) is 48.6 Å². The van der Waals surface area contributed by atoms with E-state index in [-0.39, 0.29) is 12.8 Å². The van der Waals surface area contributed by atoms with Crippen LogP contribution in [0.5, 0.6) is 0 Å². The molecule has 0 bridgehead atoms. The Bertz CT molecular complexity index is 899. The Morgan fingerprint density at radius 2 is 1.04 bits per heavy atom. The zero-order chi connectivity index (χ0) is 33.4. The topological polar surface area (TPSA) is 149 Å². The van der Waals surface area contributed by atoms with Gasteiger partial charge in [-0.2, -0.15) is 0 Å². The van der Waals surface area contributed by atoms with E-state index in [2.05, 4.69) is 44.2 Å². The molecule has 0 saturated heterocycles. The van der Waals surface area contributed by atoms with Crippen molar-refractivity contribution in [2.45, 2.75) is 129 Å². The van der Waals surface area contributed by atoms with Crippen LogP contribution >= 0.6 is 7.82 Å².